The molecule has 0 aliphatic rings. The standard InChI is InChI=1S/C17H13F3N2O2/c18-17(19,20)11-6-13(21)15-12(8-22-14(15)7-11)16(23)24-9-10-4-2-1-3-5-10/h1-8,22H,9,21H2. The van der Waals surface area contributed by atoms with E-state index in [1.807, 2.05) is 18.2 Å². The number of aromatic nitrogens is 1. The van der Waals surface area contributed by atoms with Crippen molar-refractivity contribution in [3.8, 4) is 0 Å². The van der Waals surface area contributed by atoms with Crippen LogP contribution in [0, 0.1) is 0 Å². The molecule has 24 heavy (non-hydrogen) atoms. The highest BCUT2D eigenvalue weighted by Gasteiger charge is 2.32. The second-order valence-corrected chi connectivity index (χ2v) is 5.25. The van der Waals surface area contributed by atoms with Gasteiger partial charge in [-0.05, 0) is 17.7 Å². The zero-order chi connectivity index (χ0) is 17.3. The zero-order valence-electron chi connectivity index (χ0n) is 12.4. The Hall–Kier alpha value is -2.96. The summed E-state index contributed by atoms with van der Waals surface area (Å²) in [6, 6.07) is 10.8. The highest BCUT2D eigenvalue weighted by atomic mass is 19.4. The molecule has 0 aliphatic heterocycles. The fourth-order valence-electron chi connectivity index (χ4n) is 2.43. The zero-order valence-corrected chi connectivity index (χ0v) is 12.4. The van der Waals surface area contributed by atoms with Crippen LogP contribution in [0.3, 0.4) is 0 Å². The average molecular weight is 334 g/mol. The van der Waals surface area contributed by atoms with E-state index in [1.165, 1.54) is 6.20 Å². The van der Waals surface area contributed by atoms with Crippen molar-refractivity contribution in [1.29, 1.82) is 0 Å². The number of alkyl halides is 3. The summed E-state index contributed by atoms with van der Waals surface area (Å²) in [4.78, 5) is 14.8. The number of fused-ring (bicyclic) bond motifs is 1. The van der Waals surface area contributed by atoms with Crippen molar-refractivity contribution >= 4 is 22.6 Å². The number of carbonyl (C=O) groups excluding carboxylic acids is 1. The molecule has 0 unspecified atom stereocenters. The topological polar surface area (TPSA) is 68.1 Å². The number of H-pyrrole nitrogens is 1. The fraction of sp³-hybridized carbons (Fsp3) is 0.118. The number of halogens is 3. The molecule has 0 saturated carbocycles. The Morgan fingerprint density at radius 2 is 1.88 bits per heavy atom. The molecular formula is C17H13F3N2O2. The summed E-state index contributed by atoms with van der Waals surface area (Å²) in [6.07, 6.45) is -3.21. The van der Waals surface area contributed by atoms with Crippen molar-refractivity contribution < 1.29 is 22.7 Å². The van der Waals surface area contributed by atoms with Crippen molar-refractivity contribution in [3.05, 3.63) is 65.4 Å². The first kappa shape index (κ1) is 15.9. The Balaban J connectivity index is 1.89. The lowest BCUT2D eigenvalue weighted by Crippen LogP contribution is -2.07. The van der Waals surface area contributed by atoms with Gasteiger partial charge in [0.2, 0.25) is 0 Å². The first-order valence-corrected chi connectivity index (χ1v) is 7.05. The van der Waals surface area contributed by atoms with E-state index in [1.54, 1.807) is 12.1 Å². The van der Waals surface area contributed by atoms with Gasteiger partial charge >= 0.3 is 12.1 Å². The summed E-state index contributed by atoms with van der Waals surface area (Å²) in [5, 5.41) is 0.223. The number of nitrogen functional groups attached to an aromatic ring is 1. The van der Waals surface area contributed by atoms with Gasteiger partial charge in [0.15, 0.2) is 0 Å². The number of hydrogen-bond donors (Lipinski definition) is 2. The van der Waals surface area contributed by atoms with Gasteiger partial charge in [-0.1, -0.05) is 30.3 Å². The van der Waals surface area contributed by atoms with Crippen LogP contribution < -0.4 is 5.73 Å². The SMILES string of the molecule is Nc1cc(C(F)(F)F)cc2[nH]cc(C(=O)OCc3ccccc3)c12. The number of anilines is 1. The maximum atomic E-state index is 12.8. The number of ether oxygens (including phenoxy) is 1. The predicted molar refractivity (Wildman–Crippen MR) is 83.3 cm³/mol. The molecule has 124 valence electrons. The van der Waals surface area contributed by atoms with Gasteiger partial charge in [0.25, 0.3) is 0 Å². The van der Waals surface area contributed by atoms with Crippen LogP contribution >= 0.6 is 0 Å². The molecule has 0 aliphatic carbocycles. The van der Waals surface area contributed by atoms with Gasteiger partial charge in [-0.2, -0.15) is 13.2 Å². The van der Waals surface area contributed by atoms with E-state index in [9.17, 15) is 18.0 Å². The maximum Gasteiger partial charge on any atom is 0.416 e. The second kappa shape index (κ2) is 5.92. The van der Waals surface area contributed by atoms with Crippen LogP contribution in [0.5, 0.6) is 0 Å². The maximum absolute atomic E-state index is 12.8. The Bertz CT molecular complexity index is 886. The highest BCUT2D eigenvalue weighted by molar-refractivity contribution is 6.09. The molecule has 0 amide bonds. The molecule has 0 bridgehead atoms. The minimum Gasteiger partial charge on any atom is -0.457 e. The van der Waals surface area contributed by atoms with E-state index in [4.69, 9.17) is 10.5 Å². The fourth-order valence-corrected chi connectivity index (χ4v) is 2.43. The first-order chi connectivity index (χ1) is 11.4. The lowest BCUT2D eigenvalue weighted by molar-refractivity contribution is -0.137. The molecule has 0 spiro atoms. The van der Waals surface area contributed by atoms with Gasteiger partial charge in [-0.3, -0.25) is 0 Å². The largest absolute Gasteiger partial charge is 0.457 e. The summed E-state index contributed by atoms with van der Waals surface area (Å²) in [5.41, 5.74) is 5.75. The van der Waals surface area contributed by atoms with Crippen molar-refractivity contribution in [2.75, 3.05) is 5.73 Å². The molecule has 3 N–H and O–H groups in total. The average Bonchev–Trinajstić information content (AvgIpc) is 2.97. The summed E-state index contributed by atoms with van der Waals surface area (Å²) in [6.45, 7) is 0.0624. The molecule has 1 aromatic heterocycles. The van der Waals surface area contributed by atoms with Crippen molar-refractivity contribution in [3.63, 3.8) is 0 Å². The number of esters is 1. The lowest BCUT2D eigenvalue weighted by atomic mass is 10.1. The first-order valence-electron chi connectivity index (χ1n) is 7.05. The Labute approximate surface area is 135 Å². The van der Waals surface area contributed by atoms with E-state index in [2.05, 4.69) is 4.98 Å². The van der Waals surface area contributed by atoms with Gasteiger partial charge in [0.1, 0.15) is 6.61 Å². The number of rotatable bonds is 3. The summed E-state index contributed by atoms with van der Waals surface area (Å²) >= 11 is 0. The summed E-state index contributed by atoms with van der Waals surface area (Å²) < 4.78 is 43.6. The normalized spacial score (nSPS) is 11.6. The van der Waals surface area contributed by atoms with Crippen LogP contribution in [-0.4, -0.2) is 11.0 Å². The molecule has 0 fully saturated rings. The molecule has 7 heteroatoms. The van der Waals surface area contributed by atoms with Gasteiger partial charge in [0, 0.05) is 22.8 Å². The van der Waals surface area contributed by atoms with E-state index in [-0.39, 0.29) is 28.8 Å². The minimum atomic E-state index is -4.51. The molecular weight excluding hydrogens is 321 g/mol. The number of nitrogens with one attached hydrogen (secondary N) is 1. The number of hydrogen-bond acceptors (Lipinski definition) is 3. The van der Waals surface area contributed by atoms with E-state index < -0.39 is 17.7 Å². The van der Waals surface area contributed by atoms with E-state index in [0.717, 1.165) is 17.7 Å². The van der Waals surface area contributed by atoms with Crippen molar-refractivity contribution in [2.24, 2.45) is 0 Å². The quantitative estimate of drug-likeness (QED) is 0.559. The van der Waals surface area contributed by atoms with Crippen LogP contribution in [-0.2, 0) is 17.5 Å². The van der Waals surface area contributed by atoms with Gasteiger partial charge in [-0.15, -0.1) is 0 Å². The molecule has 0 saturated heterocycles. The molecule has 2 aromatic carbocycles. The number of nitrogens with two attached hydrogens (primary N) is 1. The smallest absolute Gasteiger partial charge is 0.416 e. The van der Waals surface area contributed by atoms with Crippen LogP contribution in [0.25, 0.3) is 10.9 Å². The van der Waals surface area contributed by atoms with E-state index in [0.29, 0.717) is 0 Å². The second-order valence-electron chi connectivity index (χ2n) is 5.25. The Kier molecular flexibility index (Phi) is 3.92. The third kappa shape index (κ3) is 3.05. The van der Waals surface area contributed by atoms with Crippen LogP contribution in [0.1, 0.15) is 21.5 Å². The molecule has 0 radical (unpaired) electrons. The summed E-state index contributed by atoms with van der Waals surface area (Å²) in [7, 11) is 0. The van der Waals surface area contributed by atoms with Crippen LogP contribution in [0.4, 0.5) is 18.9 Å². The summed E-state index contributed by atoms with van der Waals surface area (Å²) in [5.74, 6) is -0.656. The monoisotopic (exact) mass is 334 g/mol. The highest BCUT2D eigenvalue weighted by Crippen LogP contribution is 2.35. The predicted octanol–water partition coefficient (Wildman–Crippen LogP) is 4.13. The molecule has 0 atom stereocenters. The third-order valence-corrected chi connectivity index (χ3v) is 3.57. The number of carbonyl (C=O) groups is 1. The van der Waals surface area contributed by atoms with Gasteiger partial charge in [-0.25, -0.2) is 4.79 Å². The van der Waals surface area contributed by atoms with Gasteiger partial charge < -0.3 is 15.5 Å². The minimum absolute atomic E-state index is 0.0624. The van der Waals surface area contributed by atoms with Gasteiger partial charge in [0.05, 0.1) is 11.1 Å². The number of benzene rings is 2. The van der Waals surface area contributed by atoms with Crippen molar-refractivity contribution in [1.82, 2.24) is 4.98 Å². The molecule has 3 aromatic rings. The Morgan fingerprint density at radius 3 is 2.54 bits per heavy atom. The third-order valence-electron chi connectivity index (χ3n) is 3.57. The molecule has 4 nitrogen and oxygen atoms in total. The van der Waals surface area contributed by atoms with Crippen molar-refractivity contribution in [2.45, 2.75) is 12.8 Å². The van der Waals surface area contributed by atoms with E-state index >= 15 is 0 Å². The molecule has 3 rings (SSSR count). The Morgan fingerprint density at radius 1 is 1.17 bits per heavy atom. The molecule has 1 heterocycles. The van der Waals surface area contributed by atoms with Crippen LogP contribution in [0.15, 0.2) is 48.7 Å². The number of aromatic amines is 1. The van der Waals surface area contributed by atoms with Crippen LogP contribution in [0.2, 0.25) is 0 Å². The lowest BCUT2D eigenvalue weighted by Gasteiger charge is -2.09.